The normalized spacial score (nSPS) is 11.1. The molecule has 4 heteroatoms. The van der Waals surface area contributed by atoms with Gasteiger partial charge in [-0.05, 0) is 18.6 Å². The SMILES string of the molecule is CCC(=O)c1c(CC)[nH]c2c(Cl)cc(Cl)cc12. The summed E-state index contributed by atoms with van der Waals surface area (Å²) in [4.78, 5) is 15.2. The van der Waals surface area contributed by atoms with Crippen LogP contribution in [-0.4, -0.2) is 10.8 Å². The first-order valence-electron chi connectivity index (χ1n) is 5.61. The minimum absolute atomic E-state index is 0.117. The van der Waals surface area contributed by atoms with Gasteiger partial charge in [0.25, 0.3) is 0 Å². The Labute approximate surface area is 110 Å². The van der Waals surface area contributed by atoms with E-state index >= 15 is 0 Å². The summed E-state index contributed by atoms with van der Waals surface area (Å²) in [5.74, 6) is 0.117. The number of ketones is 1. The summed E-state index contributed by atoms with van der Waals surface area (Å²) in [7, 11) is 0. The number of Topliss-reactive ketones (excluding diaryl/α,β-unsaturated/α-hetero) is 1. The van der Waals surface area contributed by atoms with E-state index in [-0.39, 0.29) is 5.78 Å². The lowest BCUT2D eigenvalue weighted by molar-refractivity contribution is 0.0989. The summed E-state index contributed by atoms with van der Waals surface area (Å²) in [5.41, 5.74) is 2.45. The molecule has 0 amide bonds. The third-order valence-electron chi connectivity index (χ3n) is 2.86. The fraction of sp³-hybridized carbons (Fsp3) is 0.308. The molecule has 2 aromatic rings. The van der Waals surface area contributed by atoms with Crippen LogP contribution in [0.3, 0.4) is 0 Å². The number of nitrogens with one attached hydrogen (secondary N) is 1. The second kappa shape index (κ2) is 4.71. The molecule has 1 aromatic heterocycles. The van der Waals surface area contributed by atoms with Gasteiger partial charge < -0.3 is 4.98 Å². The van der Waals surface area contributed by atoms with E-state index in [4.69, 9.17) is 23.2 Å². The van der Waals surface area contributed by atoms with Gasteiger partial charge in [-0.1, -0.05) is 37.0 Å². The minimum atomic E-state index is 0.117. The Morgan fingerprint density at radius 3 is 2.59 bits per heavy atom. The highest BCUT2D eigenvalue weighted by molar-refractivity contribution is 6.39. The van der Waals surface area contributed by atoms with E-state index < -0.39 is 0 Å². The smallest absolute Gasteiger partial charge is 0.165 e. The van der Waals surface area contributed by atoms with E-state index in [1.807, 2.05) is 13.8 Å². The lowest BCUT2D eigenvalue weighted by atomic mass is 10.0. The summed E-state index contributed by atoms with van der Waals surface area (Å²) in [6, 6.07) is 3.48. The van der Waals surface area contributed by atoms with Crippen LogP contribution in [0.5, 0.6) is 0 Å². The molecule has 0 aliphatic rings. The first-order valence-corrected chi connectivity index (χ1v) is 6.36. The Bertz CT molecular complexity index is 587. The first kappa shape index (κ1) is 12.5. The average Bonchev–Trinajstić information content (AvgIpc) is 2.66. The van der Waals surface area contributed by atoms with Crippen molar-refractivity contribution in [3.8, 4) is 0 Å². The Morgan fingerprint density at radius 2 is 2.00 bits per heavy atom. The van der Waals surface area contributed by atoms with Crippen molar-refractivity contribution in [2.24, 2.45) is 0 Å². The Hall–Kier alpha value is -0.990. The quantitative estimate of drug-likeness (QED) is 0.810. The van der Waals surface area contributed by atoms with Crippen molar-refractivity contribution >= 4 is 39.9 Å². The average molecular weight is 270 g/mol. The number of benzene rings is 1. The van der Waals surface area contributed by atoms with Crippen molar-refractivity contribution in [3.63, 3.8) is 0 Å². The molecule has 90 valence electrons. The molecule has 1 heterocycles. The maximum atomic E-state index is 12.0. The molecular weight excluding hydrogens is 257 g/mol. The van der Waals surface area contributed by atoms with Gasteiger partial charge >= 0.3 is 0 Å². The van der Waals surface area contributed by atoms with Gasteiger partial charge in [0.15, 0.2) is 5.78 Å². The molecular formula is C13H13Cl2NO. The molecule has 2 rings (SSSR count). The maximum Gasteiger partial charge on any atom is 0.165 e. The van der Waals surface area contributed by atoms with Gasteiger partial charge in [0, 0.05) is 28.1 Å². The second-order valence-electron chi connectivity index (χ2n) is 3.92. The first-order chi connectivity index (χ1) is 8.08. The Balaban J connectivity index is 2.83. The second-order valence-corrected chi connectivity index (χ2v) is 4.76. The Kier molecular flexibility index (Phi) is 3.45. The van der Waals surface area contributed by atoms with Crippen LogP contribution in [0, 0.1) is 0 Å². The number of aromatic nitrogens is 1. The number of aromatic amines is 1. The number of halogens is 2. The summed E-state index contributed by atoms with van der Waals surface area (Å²) < 4.78 is 0. The molecule has 0 fully saturated rings. The van der Waals surface area contributed by atoms with Crippen molar-refractivity contribution in [1.82, 2.24) is 4.98 Å². The van der Waals surface area contributed by atoms with Crippen molar-refractivity contribution in [1.29, 1.82) is 0 Å². The Morgan fingerprint density at radius 1 is 1.29 bits per heavy atom. The van der Waals surface area contributed by atoms with E-state index in [1.165, 1.54) is 0 Å². The highest BCUT2D eigenvalue weighted by Crippen LogP contribution is 2.32. The van der Waals surface area contributed by atoms with Crippen LogP contribution >= 0.6 is 23.2 Å². The predicted molar refractivity (Wildman–Crippen MR) is 72.3 cm³/mol. The number of hydrogen-bond donors (Lipinski definition) is 1. The van der Waals surface area contributed by atoms with Crippen molar-refractivity contribution in [2.45, 2.75) is 26.7 Å². The number of rotatable bonds is 3. The van der Waals surface area contributed by atoms with Gasteiger partial charge in [-0.2, -0.15) is 0 Å². The highest BCUT2D eigenvalue weighted by Gasteiger charge is 2.18. The fourth-order valence-electron chi connectivity index (χ4n) is 2.03. The fourth-order valence-corrected chi connectivity index (χ4v) is 2.57. The number of carbonyl (C=O) groups excluding carboxylic acids is 1. The zero-order valence-electron chi connectivity index (χ0n) is 9.73. The van der Waals surface area contributed by atoms with Crippen molar-refractivity contribution < 1.29 is 4.79 Å². The van der Waals surface area contributed by atoms with E-state index in [1.54, 1.807) is 12.1 Å². The molecule has 0 saturated carbocycles. The van der Waals surface area contributed by atoms with Gasteiger partial charge in [0.1, 0.15) is 0 Å². The molecule has 0 aliphatic heterocycles. The largest absolute Gasteiger partial charge is 0.357 e. The standard InChI is InChI=1S/C13H13Cl2NO/c1-3-10-12(11(17)4-2)8-5-7(14)6-9(15)13(8)16-10/h5-6,16H,3-4H2,1-2H3. The number of hydrogen-bond acceptors (Lipinski definition) is 1. The minimum Gasteiger partial charge on any atom is -0.357 e. The van der Waals surface area contributed by atoms with Crippen LogP contribution in [0.15, 0.2) is 12.1 Å². The molecule has 0 unspecified atom stereocenters. The van der Waals surface area contributed by atoms with Crippen LogP contribution in [0.2, 0.25) is 10.0 Å². The highest BCUT2D eigenvalue weighted by atomic mass is 35.5. The van der Waals surface area contributed by atoms with E-state index in [0.717, 1.165) is 28.6 Å². The summed E-state index contributed by atoms with van der Waals surface area (Å²) >= 11 is 12.1. The molecule has 0 atom stereocenters. The van der Waals surface area contributed by atoms with Crippen LogP contribution in [0.25, 0.3) is 10.9 Å². The topological polar surface area (TPSA) is 32.9 Å². The van der Waals surface area contributed by atoms with Gasteiger partial charge in [-0.3, -0.25) is 4.79 Å². The molecule has 2 nitrogen and oxygen atoms in total. The zero-order chi connectivity index (χ0) is 12.6. The monoisotopic (exact) mass is 269 g/mol. The van der Waals surface area contributed by atoms with Crippen molar-refractivity contribution in [2.75, 3.05) is 0 Å². The molecule has 0 aliphatic carbocycles. The van der Waals surface area contributed by atoms with Crippen LogP contribution in [0.1, 0.15) is 36.3 Å². The van der Waals surface area contributed by atoms with Crippen LogP contribution in [0.4, 0.5) is 0 Å². The lowest BCUT2D eigenvalue weighted by Crippen LogP contribution is -1.99. The van der Waals surface area contributed by atoms with Gasteiger partial charge in [-0.25, -0.2) is 0 Å². The molecule has 17 heavy (non-hydrogen) atoms. The molecule has 1 aromatic carbocycles. The van der Waals surface area contributed by atoms with Crippen LogP contribution in [-0.2, 0) is 6.42 Å². The third-order valence-corrected chi connectivity index (χ3v) is 3.37. The summed E-state index contributed by atoms with van der Waals surface area (Å²) in [6.45, 7) is 3.86. The number of H-pyrrole nitrogens is 1. The van der Waals surface area contributed by atoms with Gasteiger partial charge in [0.05, 0.1) is 10.5 Å². The van der Waals surface area contributed by atoms with Gasteiger partial charge in [-0.15, -0.1) is 0 Å². The molecule has 1 N–H and O–H groups in total. The summed E-state index contributed by atoms with van der Waals surface area (Å²) in [5, 5.41) is 1.93. The number of aryl methyl sites for hydroxylation is 1. The van der Waals surface area contributed by atoms with Crippen LogP contribution < -0.4 is 0 Å². The number of fused-ring (bicyclic) bond motifs is 1. The molecule has 0 bridgehead atoms. The van der Waals surface area contributed by atoms with E-state index in [9.17, 15) is 4.79 Å². The maximum absolute atomic E-state index is 12.0. The van der Waals surface area contributed by atoms with E-state index in [0.29, 0.717) is 16.5 Å². The van der Waals surface area contributed by atoms with Gasteiger partial charge in [0.2, 0.25) is 0 Å². The van der Waals surface area contributed by atoms with Crippen molar-refractivity contribution in [3.05, 3.63) is 33.4 Å². The molecule has 0 saturated heterocycles. The van der Waals surface area contributed by atoms with E-state index in [2.05, 4.69) is 4.98 Å². The lowest BCUT2D eigenvalue weighted by Gasteiger charge is -2.00. The molecule has 0 radical (unpaired) electrons. The zero-order valence-corrected chi connectivity index (χ0v) is 11.2. The third kappa shape index (κ3) is 2.07. The summed E-state index contributed by atoms with van der Waals surface area (Å²) in [6.07, 6.45) is 1.24. The predicted octanol–water partition coefficient (Wildman–Crippen LogP) is 4.63. The molecule has 0 spiro atoms. The number of carbonyl (C=O) groups is 1.